The first-order valence-electron chi connectivity index (χ1n) is 13.5. The number of nitrogens with zero attached hydrogens (tertiary/aromatic N) is 2. The van der Waals surface area contributed by atoms with E-state index in [-0.39, 0.29) is 36.4 Å². The normalized spacial score (nSPS) is 31.5. The first-order chi connectivity index (χ1) is 20.3. The highest BCUT2D eigenvalue weighted by molar-refractivity contribution is 6.58. The molecule has 4 aliphatic rings. The first kappa shape index (κ1) is 29.1. The second-order valence-electron chi connectivity index (χ2n) is 11.1. The number of imide groups is 2. The molecule has 4 amide bonds. The summed E-state index contributed by atoms with van der Waals surface area (Å²) in [6, 6.07) is 8.99. The number of phenolic OH excluding ortho intramolecular Hbond substituents is 1. The molecule has 2 saturated heterocycles. The number of hydrogen-bond acceptors (Lipinski definition) is 7. The Balaban J connectivity index is 1.52. The molecule has 2 aromatic rings. The Hall–Kier alpha value is -3.96. The van der Waals surface area contributed by atoms with Gasteiger partial charge in [0.15, 0.2) is 9.75 Å². The zero-order valence-electron chi connectivity index (χ0n) is 22.6. The van der Waals surface area contributed by atoms with Crippen molar-refractivity contribution in [1.29, 1.82) is 0 Å². The van der Waals surface area contributed by atoms with Gasteiger partial charge < -0.3 is 14.9 Å². The van der Waals surface area contributed by atoms with Crippen LogP contribution >= 0.6 is 23.2 Å². The number of alkyl halides is 2. The molecule has 43 heavy (non-hydrogen) atoms. The molecular formula is C30H25Cl2FN2O8. The smallest absolute Gasteiger partial charge is 0.305 e. The summed E-state index contributed by atoms with van der Waals surface area (Å²) >= 11 is 14.5. The topological polar surface area (TPSA) is 142 Å². The molecule has 1 saturated carbocycles. The molecule has 10 nitrogen and oxygen atoms in total. The van der Waals surface area contributed by atoms with Crippen molar-refractivity contribution in [3.05, 3.63) is 65.5 Å². The molecule has 2 N–H and O–H groups in total. The summed E-state index contributed by atoms with van der Waals surface area (Å²) in [6.07, 6.45) is 1.05. The third-order valence-electron chi connectivity index (χ3n) is 9.09. The second-order valence-corrected chi connectivity index (χ2v) is 12.4. The van der Waals surface area contributed by atoms with Gasteiger partial charge in [0.05, 0.1) is 31.1 Å². The van der Waals surface area contributed by atoms with E-state index in [0.29, 0.717) is 11.3 Å². The number of phenols is 1. The van der Waals surface area contributed by atoms with Crippen molar-refractivity contribution >= 4 is 58.5 Å². The lowest BCUT2D eigenvalue weighted by atomic mass is 9.56. The summed E-state index contributed by atoms with van der Waals surface area (Å²) in [4.78, 5) is 64.0. The third kappa shape index (κ3) is 4.01. The van der Waals surface area contributed by atoms with Crippen LogP contribution in [-0.4, -0.2) is 68.1 Å². The average molecular weight is 631 g/mol. The van der Waals surface area contributed by atoms with E-state index in [9.17, 15) is 33.5 Å². The molecule has 2 aliphatic heterocycles. The van der Waals surface area contributed by atoms with Crippen LogP contribution in [0.25, 0.3) is 0 Å². The maximum Gasteiger partial charge on any atom is 0.305 e. The van der Waals surface area contributed by atoms with Crippen LogP contribution in [-0.2, 0) is 24.0 Å². The first-order valence-corrected chi connectivity index (χ1v) is 14.3. The van der Waals surface area contributed by atoms with Gasteiger partial charge in [-0.2, -0.15) is 0 Å². The summed E-state index contributed by atoms with van der Waals surface area (Å²) in [5.74, 6) is -8.58. The molecule has 0 unspecified atom stereocenters. The van der Waals surface area contributed by atoms with Gasteiger partial charge in [-0.3, -0.25) is 28.9 Å². The van der Waals surface area contributed by atoms with Gasteiger partial charge in [0.1, 0.15) is 17.3 Å². The Kier molecular flexibility index (Phi) is 6.81. The minimum Gasteiger partial charge on any atom is -0.508 e. The number of aliphatic carboxylic acids is 1. The number of rotatable bonds is 6. The molecule has 0 spiro atoms. The number of carboxylic acids is 1. The number of anilines is 1. The van der Waals surface area contributed by atoms with Gasteiger partial charge >= 0.3 is 5.97 Å². The number of benzene rings is 2. The zero-order chi connectivity index (χ0) is 31.0. The SMILES string of the molecule is COc1ccc([C@H]2C3=CC[C@@H]4C(=O)N(CCC(=O)O)C(=O)[C@@H]4[C@@H]3C[C@@]3(Cl)C(=O)N(c4ccc(F)cc4)C(=O)[C@@]23Cl)c(O)c1. The van der Waals surface area contributed by atoms with E-state index in [1.807, 2.05) is 0 Å². The number of aromatic hydroxyl groups is 1. The fourth-order valence-electron chi connectivity index (χ4n) is 7.13. The van der Waals surface area contributed by atoms with Crippen molar-refractivity contribution < 1.29 is 43.3 Å². The number of carboxylic acid groups (broad SMARTS) is 1. The number of carbonyl (C=O) groups excluding carboxylic acids is 4. The quantitative estimate of drug-likeness (QED) is 0.280. The monoisotopic (exact) mass is 630 g/mol. The molecule has 224 valence electrons. The molecule has 0 radical (unpaired) electrons. The molecule has 2 aromatic carbocycles. The largest absolute Gasteiger partial charge is 0.508 e. The molecule has 2 aliphatic carbocycles. The van der Waals surface area contributed by atoms with Gasteiger partial charge in [-0.1, -0.05) is 17.7 Å². The number of fused-ring (bicyclic) bond motifs is 4. The van der Waals surface area contributed by atoms with Gasteiger partial charge in [-0.05, 0) is 49.1 Å². The maximum absolute atomic E-state index is 14.3. The Labute approximate surface area is 254 Å². The highest BCUT2D eigenvalue weighted by Gasteiger charge is 2.76. The number of allylic oxidation sites excluding steroid dienone is 2. The number of halogens is 3. The number of likely N-dealkylation sites (tertiary alicyclic amines) is 1. The van der Waals surface area contributed by atoms with Crippen molar-refractivity contribution in [2.45, 2.75) is 34.9 Å². The van der Waals surface area contributed by atoms with Crippen LogP contribution in [0.3, 0.4) is 0 Å². The Morgan fingerprint density at radius 1 is 1.05 bits per heavy atom. The average Bonchev–Trinajstić information content (AvgIpc) is 3.30. The third-order valence-corrected chi connectivity index (χ3v) is 10.5. The van der Waals surface area contributed by atoms with Gasteiger partial charge in [0.2, 0.25) is 11.8 Å². The predicted octanol–water partition coefficient (Wildman–Crippen LogP) is 3.58. The number of ether oxygens (including phenoxy) is 1. The summed E-state index contributed by atoms with van der Waals surface area (Å²) < 4.78 is 19.0. The number of methoxy groups -OCH3 is 1. The van der Waals surface area contributed by atoms with E-state index < -0.39 is 75.3 Å². The van der Waals surface area contributed by atoms with E-state index in [2.05, 4.69) is 0 Å². The van der Waals surface area contributed by atoms with Crippen molar-refractivity contribution in [3.8, 4) is 11.5 Å². The summed E-state index contributed by atoms with van der Waals surface area (Å²) in [5.41, 5.74) is 0.638. The van der Waals surface area contributed by atoms with Crippen molar-refractivity contribution in [1.82, 2.24) is 4.90 Å². The van der Waals surface area contributed by atoms with E-state index in [1.54, 1.807) is 6.08 Å². The maximum atomic E-state index is 14.3. The summed E-state index contributed by atoms with van der Waals surface area (Å²) in [5, 5.41) is 20.3. The van der Waals surface area contributed by atoms with Crippen LogP contribution < -0.4 is 9.64 Å². The second kappa shape index (κ2) is 10.1. The van der Waals surface area contributed by atoms with Crippen LogP contribution in [0.2, 0.25) is 0 Å². The van der Waals surface area contributed by atoms with Gasteiger partial charge in [-0.25, -0.2) is 9.29 Å². The van der Waals surface area contributed by atoms with Crippen LogP contribution in [0.1, 0.15) is 30.7 Å². The molecule has 13 heteroatoms. The molecular weight excluding hydrogens is 606 g/mol. The van der Waals surface area contributed by atoms with Crippen LogP contribution in [0.5, 0.6) is 11.5 Å². The number of hydrogen-bond donors (Lipinski definition) is 2. The number of amides is 4. The van der Waals surface area contributed by atoms with Crippen molar-refractivity contribution in [2.75, 3.05) is 18.6 Å². The van der Waals surface area contributed by atoms with Crippen LogP contribution in [0.15, 0.2) is 54.1 Å². The lowest BCUT2D eigenvalue weighted by Crippen LogP contribution is -2.60. The van der Waals surface area contributed by atoms with Gasteiger partial charge in [-0.15, -0.1) is 23.2 Å². The van der Waals surface area contributed by atoms with E-state index in [0.717, 1.165) is 21.9 Å². The minimum atomic E-state index is -2.20. The van der Waals surface area contributed by atoms with E-state index >= 15 is 0 Å². The molecule has 2 heterocycles. The standard InChI is InChI=1S/C30H25Cl2FN2O8/c1-43-16-6-7-18(21(36)12-16)24-17-8-9-19-23(26(40)34(25(19)39)11-10-22(37)38)20(17)13-29(31)27(41)35(28(42)30(24,29)32)15-4-2-14(33)3-5-15/h2-8,12,19-20,23-24,36H,9-11,13H2,1H3,(H,37,38)/t19-,20+,23-,24+,29+,30-/m0/s1. The van der Waals surface area contributed by atoms with Crippen molar-refractivity contribution in [2.24, 2.45) is 17.8 Å². The molecule has 0 aromatic heterocycles. The fourth-order valence-corrected chi connectivity index (χ4v) is 8.06. The highest BCUT2D eigenvalue weighted by Crippen LogP contribution is 2.66. The molecule has 3 fully saturated rings. The molecule has 6 rings (SSSR count). The fraction of sp³-hybridized carbons (Fsp3) is 0.367. The molecule has 0 bridgehead atoms. The lowest BCUT2D eigenvalue weighted by molar-refractivity contribution is -0.142. The van der Waals surface area contributed by atoms with Crippen LogP contribution in [0.4, 0.5) is 10.1 Å². The van der Waals surface area contributed by atoms with Crippen LogP contribution in [0, 0.1) is 23.6 Å². The van der Waals surface area contributed by atoms with Gasteiger partial charge in [0.25, 0.3) is 11.8 Å². The lowest BCUT2D eigenvalue weighted by Gasteiger charge is -2.50. The summed E-state index contributed by atoms with van der Waals surface area (Å²) in [6.45, 7) is -0.314. The Bertz CT molecular complexity index is 1630. The van der Waals surface area contributed by atoms with E-state index in [4.69, 9.17) is 33.0 Å². The zero-order valence-corrected chi connectivity index (χ0v) is 24.1. The minimum absolute atomic E-state index is 0.0327. The van der Waals surface area contributed by atoms with E-state index in [1.165, 1.54) is 37.4 Å². The number of carbonyl (C=O) groups is 5. The molecule has 6 atom stereocenters. The summed E-state index contributed by atoms with van der Waals surface area (Å²) in [7, 11) is 1.40. The highest BCUT2D eigenvalue weighted by atomic mass is 35.5. The Morgan fingerprint density at radius 3 is 2.37 bits per heavy atom. The predicted molar refractivity (Wildman–Crippen MR) is 150 cm³/mol. The van der Waals surface area contributed by atoms with Crippen molar-refractivity contribution in [3.63, 3.8) is 0 Å². The Morgan fingerprint density at radius 2 is 1.74 bits per heavy atom. The van der Waals surface area contributed by atoms with Gasteiger partial charge in [0, 0.05) is 24.1 Å².